The lowest BCUT2D eigenvalue weighted by Crippen LogP contribution is -2.32. The summed E-state index contributed by atoms with van der Waals surface area (Å²) in [5.74, 6) is 0.562. The molecule has 1 heterocycles. The number of anilines is 1. The number of halogens is 6. The highest BCUT2D eigenvalue weighted by atomic mass is 19.4. The van der Waals surface area contributed by atoms with Gasteiger partial charge in [-0.1, -0.05) is 66.7 Å². The van der Waals surface area contributed by atoms with E-state index in [4.69, 9.17) is 4.74 Å². The quantitative estimate of drug-likeness (QED) is 0.169. The monoisotopic (exact) mass is 523 g/mol. The van der Waals surface area contributed by atoms with Gasteiger partial charge in [-0.15, -0.1) is 0 Å². The molecule has 0 saturated carbocycles. The van der Waals surface area contributed by atoms with E-state index in [0.717, 1.165) is 44.8 Å². The molecule has 0 radical (unpaired) electrons. The van der Waals surface area contributed by atoms with Crippen LogP contribution in [0.4, 0.5) is 32.0 Å². The number of benzene rings is 5. The molecule has 0 aliphatic carbocycles. The fraction of sp³-hybridized carbons (Fsp3) is 0.133. The van der Waals surface area contributed by atoms with E-state index in [2.05, 4.69) is 12.1 Å². The molecular formula is C30H19F6NO. The van der Waals surface area contributed by atoms with Crippen molar-refractivity contribution < 1.29 is 31.1 Å². The van der Waals surface area contributed by atoms with Crippen LogP contribution in [0.1, 0.15) is 16.7 Å². The Morgan fingerprint density at radius 3 is 1.92 bits per heavy atom. The Kier molecular flexibility index (Phi) is 5.52. The molecule has 0 saturated heterocycles. The van der Waals surface area contributed by atoms with E-state index in [0.29, 0.717) is 11.3 Å². The third-order valence-corrected chi connectivity index (χ3v) is 6.82. The van der Waals surface area contributed by atoms with Crippen LogP contribution < -0.4 is 9.64 Å². The summed E-state index contributed by atoms with van der Waals surface area (Å²) in [4.78, 5) is 1.37. The van der Waals surface area contributed by atoms with E-state index in [9.17, 15) is 26.3 Å². The van der Waals surface area contributed by atoms with Crippen LogP contribution in [0.15, 0.2) is 91.0 Å². The molecule has 0 fully saturated rings. The Hall–Kier alpha value is -4.20. The summed E-state index contributed by atoms with van der Waals surface area (Å²) >= 11 is 0. The van der Waals surface area contributed by atoms with Gasteiger partial charge in [0.2, 0.25) is 0 Å². The first-order valence-corrected chi connectivity index (χ1v) is 11.8. The predicted molar refractivity (Wildman–Crippen MR) is 135 cm³/mol. The molecule has 6 rings (SSSR count). The summed E-state index contributed by atoms with van der Waals surface area (Å²) in [5.41, 5.74) is -0.516. The molecule has 1 aliphatic rings. The predicted octanol–water partition coefficient (Wildman–Crippen LogP) is 9.05. The molecule has 2 nitrogen and oxygen atoms in total. The van der Waals surface area contributed by atoms with Gasteiger partial charge in [0.25, 0.3) is 0 Å². The summed E-state index contributed by atoms with van der Waals surface area (Å²) in [7, 11) is 0. The van der Waals surface area contributed by atoms with Crippen molar-refractivity contribution in [3.05, 3.63) is 108 Å². The third kappa shape index (κ3) is 4.20. The number of nitrogens with zero attached hydrogens (tertiary/aromatic N) is 1. The minimum Gasteiger partial charge on any atom is -0.472 e. The molecular weight excluding hydrogens is 504 g/mol. The van der Waals surface area contributed by atoms with Crippen molar-refractivity contribution in [3.8, 4) is 16.9 Å². The van der Waals surface area contributed by atoms with Crippen molar-refractivity contribution in [2.75, 3.05) is 11.6 Å². The van der Waals surface area contributed by atoms with E-state index >= 15 is 0 Å². The highest BCUT2D eigenvalue weighted by Gasteiger charge is 2.38. The van der Waals surface area contributed by atoms with Crippen LogP contribution >= 0.6 is 0 Å². The standard InChI is InChI=1S/C30H19F6NO/c31-29(32,33)20-13-21(30(34,35)36)15-22(14-20)37-16-19-7-5-11-26(28(19)38-17-37)27-12-18-6-1-2-8-23(18)24-9-3-4-10-25(24)27/h1-15H,16-17H2. The van der Waals surface area contributed by atoms with Crippen LogP contribution in [0.5, 0.6) is 5.75 Å². The number of ether oxygens (including phenoxy) is 1. The van der Waals surface area contributed by atoms with Gasteiger partial charge >= 0.3 is 12.4 Å². The van der Waals surface area contributed by atoms with Gasteiger partial charge in [-0.2, -0.15) is 26.3 Å². The van der Waals surface area contributed by atoms with Crippen LogP contribution in [0.3, 0.4) is 0 Å². The van der Waals surface area contributed by atoms with Gasteiger partial charge in [-0.05, 0) is 51.4 Å². The van der Waals surface area contributed by atoms with E-state index in [-0.39, 0.29) is 25.0 Å². The topological polar surface area (TPSA) is 12.5 Å². The van der Waals surface area contributed by atoms with Gasteiger partial charge in [0.15, 0.2) is 6.73 Å². The molecule has 0 spiro atoms. The number of hydrogen-bond donors (Lipinski definition) is 0. The molecule has 1 aliphatic heterocycles. The SMILES string of the molecule is FC(F)(F)c1cc(N2COc3c(cccc3-c3cc4ccccc4c4ccccc34)C2)cc(C(F)(F)F)c1. The first kappa shape index (κ1) is 24.2. The Labute approximate surface area is 213 Å². The van der Waals surface area contributed by atoms with E-state index in [1.54, 1.807) is 6.07 Å². The van der Waals surface area contributed by atoms with Gasteiger partial charge in [0, 0.05) is 23.4 Å². The van der Waals surface area contributed by atoms with Crippen LogP contribution in [-0.2, 0) is 18.9 Å². The molecule has 38 heavy (non-hydrogen) atoms. The maximum atomic E-state index is 13.4. The first-order chi connectivity index (χ1) is 18.1. The largest absolute Gasteiger partial charge is 0.472 e. The van der Waals surface area contributed by atoms with Crippen LogP contribution in [-0.4, -0.2) is 6.73 Å². The first-order valence-electron chi connectivity index (χ1n) is 11.8. The lowest BCUT2D eigenvalue weighted by molar-refractivity contribution is -0.143. The fourth-order valence-corrected chi connectivity index (χ4v) is 5.05. The summed E-state index contributed by atoms with van der Waals surface area (Å²) in [6, 6.07) is 25.2. The maximum absolute atomic E-state index is 13.4. The number of para-hydroxylation sites is 1. The summed E-state index contributed by atoms with van der Waals surface area (Å²) < 4.78 is 86.5. The Morgan fingerprint density at radius 2 is 1.24 bits per heavy atom. The lowest BCUT2D eigenvalue weighted by Gasteiger charge is -2.33. The molecule has 0 unspecified atom stereocenters. The Bertz CT molecular complexity index is 1660. The second kappa shape index (κ2) is 8.68. The van der Waals surface area contributed by atoms with Crippen molar-refractivity contribution in [3.63, 3.8) is 0 Å². The minimum absolute atomic E-state index is 0.0906. The molecule has 0 atom stereocenters. The van der Waals surface area contributed by atoms with Gasteiger partial charge in [-0.25, -0.2) is 0 Å². The number of hydrogen-bond acceptors (Lipinski definition) is 2. The smallest absolute Gasteiger partial charge is 0.416 e. The van der Waals surface area contributed by atoms with Crippen molar-refractivity contribution in [2.45, 2.75) is 18.9 Å². The second-order valence-electron chi connectivity index (χ2n) is 9.22. The van der Waals surface area contributed by atoms with E-state index in [1.165, 1.54) is 4.90 Å². The molecule has 8 heteroatoms. The Balaban J connectivity index is 1.45. The van der Waals surface area contributed by atoms with Gasteiger partial charge in [0.05, 0.1) is 11.1 Å². The summed E-state index contributed by atoms with van der Waals surface area (Å²) in [6.07, 6.45) is -9.84. The normalized spacial score (nSPS) is 14.0. The summed E-state index contributed by atoms with van der Waals surface area (Å²) in [6.45, 7) is -0.110. The van der Waals surface area contributed by atoms with Crippen molar-refractivity contribution in [1.29, 1.82) is 0 Å². The molecule has 0 N–H and O–H groups in total. The van der Waals surface area contributed by atoms with Gasteiger partial charge in [0.1, 0.15) is 5.75 Å². The van der Waals surface area contributed by atoms with E-state index in [1.807, 2.05) is 54.6 Å². The average Bonchev–Trinajstić information content (AvgIpc) is 2.91. The highest BCUT2D eigenvalue weighted by Crippen LogP contribution is 2.44. The second-order valence-corrected chi connectivity index (χ2v) is 9.22. The van der Waals surface area contributed by atoms with Crippen LogP contribution in [0.2, 0.25) is 0 Å². The van der Waals surface area contributed by atoms with Crippen LogP contribution in [0, 0.1) is 0 Å². The average molecular weight is 523 g/mol. The lowest BCUT2D eigenvalue weighted by atomic mass is 9.91. The zero-order chi connectivity index (χ0) is 26.7. The highest BCUT2D eigenvalue weighted by molar-refractivity contribution is 6.14. The molecule has 192 valence electrons. The zero-order valence-electron chi connectivity index (χ0n) is 19.7. The van der Waals surface area contributed by atoms with Crippen molar-refractivity contribution in [2.24, 2.45) is 0 Å². The molecule has 5 aromatic rings. The molecule has 0 amide bonds. The molecule has 0 bridgehead atoms. The van der Waals surface area contributed by atoms with Gasteiger partial charge in [-0.3, -0.25) is 0 Å². The van der Waals surface area contributed by atoms with Crippen molar-refractivity contribution in [1.82, 2.24) is 0 Å². The molecule has 5 aromatic carbocycles. The van der Waals surface area contributed by atoms with Gasteiger partial charge < -0.3 is 9.64 Å². The zero-order valence-corrected chi connectivity index (χ0v) is 19.7. The number of alkyl halides is 6. The Morgan fingerprint density at radius 1 is 0.605 bits per heavy atom. The van der Waals surface area contributed by atoms with E-state index < -0.39 is 23.5 Å². The number of fused-ring (bicyclic) bond motifs is 4. The maximum Gasteiger partial charge on any atom is 0.416 e. The fourth-order valence-electron chi connectivity index (χ4n) is 5.05. The summed E-state index contributed by atoms with van der Waals surface area (Å²) in [5, 5.41) is 4.23. The van der Waals surface area contributed by atoms with Crippen LogP contribution in [0.25, 0.3) is 32.7 Å². The molecule has 0 aromatic heterocycles. The minimum atomic E-state index is -4.92. The number of rotatable bonds is 2. The third-order valence-electron chi connectivity index (χ3n) is 6.82. The van der Waals surface area contributed by atoms with Crippen molar-refractivity contribution >= 4 is 27.2 Å².